The summed E-state index contributed by atoms with van der Waals surface area (Å²) in [6.07, 6.45) is 1.55. The van der Waals surface area contributed by atoms with Crippen molar-refractivity contribution in [2.75, 3.05) is 24.7 Å². The predicted octanol–water partition coefficient (Wildman–Crippen LogP) is 3.51. The number of benzene rings is 1. The number of fused-ring (bicyclic) bond motifs is 1. The van der Waals surface area contributed by atoms with Crippen LogP contribution in [0.25, 0.3) is 0 Å². The van der Waals surface area contributed by atoms with Crippen LogP contribution in [0, 0.1) is 0 Å². The van der Waals surface area contributed by atoms with Gasteiger partial charge in [-0.05, 0) is 30.3 Å². The van der Waals surface area contributed by atoms with Crippen molar-refractivity contribution < 1.29 is 0 Å². The Bertz CT molecular complexity index is 689. The van der Waals surface area contributed by atoms with Gasteiger partial charge in [-0.3, -0.25) is 4.90 Å². The van der Waals surface area contributed by atoms with Gasteiger partial charge in [-0.25, -0.2) is 4.98 Å². The molecule has 0 bridgehead atoms. The molecule has 0 atom stereocenters. The average Bonchev–Trinajstić information content (AvgIpc) is 2.80. The number of nitrogens with one attached hydrogen (secondary N) is 2. The third kappa shape index (κ3) is 2.90. The first-order valence-electron chi connectivity index (χ1n) is 6.54. The molecule has 3 rings (SSSR count). The fourth-order valence-corrected chi connectivity index (χ4v) is 2.83. The zero-order valence-electron chi connectivity index (χ0n) is 11.7. The van der Waals surface area contributed by atoms with Crippen molar-refractivity contribution in [2.45, 2.75) is 13.1 Å². The van der Waals surface area contributed by atoms with Crippen molar-refractivity contribution >= 4 is 40.7 Å². The van der Waals surface area contributed by atoms with Gasteiger partial charge in [0.05, 0.1) is 16.9 Å². The Kier molecular flexibility index (Phi) is 3.89. The van der Waals surface area contributed by atoms with Crippen molar-refractivity contribution in [3.8, 4) is 0 Å². The van der Waals surface area contributed by atoms with Crippen molar-refractivity contribution in [3.05, 3.63) is 39.5 Å². The molecule has 2 N–H and O–H groups in total. The van der Waals surface area contributed by atoms with Crippen LogP contribution in [-0.2, 0) is 13.1 Å². The highest BCUT2D eigenvalue weighted by Crippen LogP contribution is 2.32. The maximum absolute atomic E-state index is 6.33. The summed E-state index contributed by atoms with van der Waals surface area (Å²) in [5.41, 5.74) is 3.34. The van der Waals surface area contributed by atoms with Crippen LogP contribution in [0.15, 0.2) is 18.3 Å². The highest BCUT2D eigenvalue weighted by Gasteiger charge is 2.18. The zero-order valence-corrected chi connectivity index (χ0v) is 13.3. The molecule has 0 fully saturated rings. The van der Waals surface area contributed by atoms with E-state index in [0.717, 1.165) is 18.8 Å². The zero-order chi connectivity index (χ0) is 15.0. The molecular formula is C14H15Cl2N5. The Balaban J connectivity index is 1.90. The molecule has 110 valence electrons. The van der Waals surface area contributed by atoms with Crippen LogP contribution in [-0.4, -0.2) is 29.0 Å². The van der Waals surface area contributed by atoms with Crippen LogP contribution in [0.3, 0.4) is 0 Å². The average molecular weight is 324 g/mol. The van der Waals surface area contributed by atoms with E-state index in [1.54, 1.807) is 13.2 Å². The number of hydrogen-bond donors (Lipinski definition) is 2. The molecule has 1 aliphatic rings. The smallest absolute Gasteiger partial charge is 0.229 e. The Morgan fingerprint density at radius 1 is 1.14 bits per heavy atom. The third-order valence-corrected chi connectivity index (χ3v) is 3.99. The molecular weight excluding hydrogens is 309 g/mol. The normalized spacial score (nSPS) is 14.1. The summed E-state index contributed by atoms with van der Waals surface area (Å²) in [5, 5.41) is 7.21. The minimum Gasteiger partial charge on any atom is -0.372 e. The van der Waals surface area contributed by atoms with E-state index in [-0.39, 0.29) is 0 Å². The summed E-state index contributed by atoms with van der Waals surface area (Å²) < 4.78 is 0. The van der Waals surface area contributed by atoms with Gasteiger partial charge in [0.25, 0.3) is 0 Å². The molecule has 7 heteroatoms. The topological polar surface area (TPSA) is 53.1 Å². The van der Waals surface area contributed by atoms with Crippen molar-refractivity contribution in [1.82, 2.24) is 14.9 Å². The van der Waals surface area contributed by atoms with Gasteiger partial charge < -0.3 is 10.6 Å². The molecule has 0 aliphatic carbocycles. The number of aromatic nitrogens is 2. The molecule has 2 aromatic rings. The number of hydrogen-bond acceptors (Lipinski definition) is 5. The standard InChI is InChI=1S/C14H15Cl2N5/c1-17-13-11(16)5-18-14(20-13)19-12-4-9-7-21(2)6-8(9)3-10(12)15/h3-5H,6-7H2,1-2H3,(H2,17,18,19,20). The third-order valence-electron chi connectivity index (χ3n) is 3.40. The predicted molar refractivity (Wildman–Crippen MR) is 86.5 cm³/mol. The molecule has 0 radical (unpaired) electrons. The molecule has 1 aromatic carbocycles. The number of halogens is 2. The first-order valence-corrected chi connectivity index (χ1v) is 7.29. The second kappa shape index (κ2) is 5.67. The molecule has 1 aromatic heterocycles. The lowest BCUT2D eigenvalue weighted by atomic mass is 10.1. The fourth-order valence-electron chi connectivity index (χ4n) is 2.41. The van der Waals surface area contributed by atoms with Crippen molar-refractivity contribution in [2.24, 2.45) is 0 Å². The lowest BCUT2D eigenvalue weighted by molar-refractivity contribution is 0.353. The van der Waals surface area contributed by atoms with Crippen LogP contribution < -0.4 is 10.6 Å². The van der Waals surface area contributed by atoms with E-state index in [2.05, 4.69) is 38.6 Å². The van der Waals surface area contributed by atoms with Crippen molar-refractivity contribution in [1.29, 1.82) is 0 Å². The molecule has 5 nitrogen and oxygen atoms in total. The van der Waals surface area contributed by atoms with Gasteiger partial charge in [-0.2, -0.15) is 4.98 Å². The van der Waals surface area contributed by atoms with E-state index in [4.69, 9.17) is 23.2 Å². The van der Waals surface area contributed by atoms with Gasteiger partial charge in [0, 0.05) is 20.1 Å². The highest BCUT2D eigenvalue weighted by molar-refractivity contribution is 6.33. The first kappa shape index (κ1) is 14.4. The molecule has 0 saturated carbocycles. The van der Waals surface area contributed by atoms with E-state index < -0.39 is 0 Å². The quantitative estimate of drug-likeness (QED) is 0.905. The molecule has 0 saturated heterocycles. The number of anilines is 3. The van der Waals surface area contributed by atoms with Gasteiger partial charge in [0.15, 0.2) is 0 Å². The highest BCUT2D eigenvalue weighted by atomic mass is 35.5. The number of rotatable bonds is 3. The van der Waals surface area contributed by atoms with Gasteiger partial charge in [-0.1, -0.05) is 23.2 Å². The summed E-state index contributed by atoms with van der Waals surface area (Å²) in [6, 6.07) is 4.05. The van der Waals surface area contributed by atoms with Gasteiger partial charge >= 0.3 is 0 Å². The lowest BCUT2D eigenvalue weighted by Gasteiger charge is -2.10. The number of nitrogens with zero attached hydrogens (tertiary/aromatic N) is 3. The van der Waals surface area contributed by atoms with Gasteiger partial charge in [-0.15, -0.1) is 0 Å². The van der Waals surface area contributed by atoms with Crippen LogP contribution >= 0.6 is 23.2 Å². The van der Waals surface area contributed by atoms with Crippen LogP contribution in [0.4, 0.5) is 17.5 Å². The summed E-state index contributed by atoms with van der Waals surface area (Å²) in [4.78, 5) is 10.7. The minimum atomic E-state index is 0.456. The molecule has 0 amide bonds. The second-order valence-corrected chi connectivity index (χ2v) is 5.85. The maximum atomic E-state index is 6.33. The minimum absolute atomic E-state index is 0.456. The maximum Gasteiger partial charge on any atom is 0.229 e. The Morgan fingerprint density at radius 3 is 2.57 bits per heavy atom. The van der Waals surface area contributed by atoms with Crippen molar-refractivity contribution in [3.63, 3.8) is 0 Å². The van der Waals surface area contributed by atoms with E-state index in [1.807, 2.05) is 6.07 Å². The van der Waals surface area contributed by atoms with E-state index >= 15 is 0 Å². The van der Waals surface area contributed by atoms with E-state index in [0.29, 0.717) is 21.8 Å². The SMILES string of the molecule is CNc1nc(Nc2cc3c(cc2Cl)CN(C)C3)ncc1Cl. The Labute approximate surface area is 133 Å². The molecule has 0 unspecified atom stereocenters. The molecule has 2 heterocycles. The Hall–Kier alpha value is -1.56. The van der Waals surface area contributed by atoms with Gasteiger partial charge in [0.1, 0.15) is 10.8 Å². The van der Waals surface area contributed by atoms with Crippen LogP contribution in [0.2, 0.25) is 10.0 Å². The van der Waals surface area contributed by atoms with Crippen LogP contribution in [0.1, 0.15) is 11.1 Å². The van der Waals surface area contributed by atoms with E-state index in [9.17, 15) is 0 Å². The summed E-state index contributed by atoms with van der Waals surface area (Å²) >= 11 is 12.3. The Morgan fingerprint density at radius 2 is 1.86 bits per heavy atom. The van der Waals surface area contributed by atoms with Crippen LogP contribution in [0.5, 0.6) is 0 Å². The molecule has 0 spiro atoms. The molecule has 1 aliphatic heterocycles. The summed E-state index contributed by atoms with van der Waals surface area (Å²) in [6.45, 7) is 1.85. The monoisotopic (exact) mass is 323 g/mol. The van der Waals surface area contributed by atoms with Gasteiger partial charge in [0.2, 0.25) is 5.95 Å². The first-order chi connectivity index (χ1) is 10.1. The second-order valence-electron chi connectivity index (χ2n) is 5.04. The lowest BCUT2D eigenvalue weighted by Crippen LogP contribution is -2.07. The summed E-state index contributed by atoms with van der Waals surface area (Å²) in [7, 11) is 3.85. The summed E-state index contributed by atoms with van der Waals surface area (Å²) in [5.74, 6) is 1.03. The fraction of sp³-hybridized carbons (Fsp3) is 0.286. The molecule has 21 heavy (non-hydrogen) atoms. The van der Waals surface area contributed by atoms with E-state index in [1.165, 1.54) is 11.1 Å². The largest absolute Gasteiger partial charge is 0.372 e.